The minimum atomic E-state index is -0.101. The molecule has 0 atom stereocenters. The van der Waals surface area contributed by atoms with Crippen LogP contribution >= 0.6 is 0 Å². The summed E-state index contributed by atoms with van der Waals surface area (Å²) in [4.78, 5) is 4.48. The van der Waals surface area contributed by atoms with Crippen molar-refractivity contribution in [3.8, 4) is 0 Å². The van der Waals surface area contributed by atoms with Crippen molar-refractivity contribution in [1.29, 1.82) is 0 Å². The molecule has 0 amide bonds. The van der Waals surface area contributed by atoms with Gasteiger partial charge in [0.25, 0.3) is 0 Å². The maximum atomic E-state index is 13.9. The number of nitrogens with one attached hydrogen (secondary N) is 1. The van der Waals surface area contributed by atoms with Gasteiger partial charge in [0.15, 0.2) is 0 Å². The Kier molecular flexibility index (Phi) is 7.73. The molecule has 114 valence electrons. The van der Waals surface area contributed by atoms with E-state index in [1.165, 1.54) is 0 Å². The van der Waals surface area contributed by atoms with E-state index in [2.05, 4.69) is 36.1 Å². The Morgan fingerprint density at radius 1 is 1.20 bits per heavy atom. The van der Waals surface area contributed by atoms with Crippen molar-refractivity contribution in [2.45, 2.75) is 26.4 Å². The molecule has 0 fully saturated rings. The highest BCUT2D eigenvalue weighted by Gasteiger charge is 2.09. The molecule has 0 aromatic heterocycles. The van der Waals surface area contributed by atoms with Crippen molar-refractivity contribution < 1.29 is 4.39 Å². The third-order valence-corrected chi connectivity index (χ3v) is 3.41. The predicted molar refractivity (Wildman–Crippen MR) is 83.3 cm³/mol. The largest absolute Gasteiger partial charge is 0.316 e. The van der Waals surface area contributed by atoms with Gasteiger partial charge < -0.3 is 10.2 Å². The molecular weight excluding hydrogens is 253 g/mol. The molecule has 0 bridgehead atoms. The zero-order valence-electron chi connectivity index (χ0n) is 13.2. The molecule has 0 aliphatic carbocycles. The number of rotatable bonds is 9. The number of hydrogen-bond donors (Lipinski definition) is 1. The van der Waals surface area contributed by atoms with Gasteiger partial charge in [-0.15, -0.1) is 0 Å². The molecule has 1 N–H and O–H groups in total. The second kappa shape index (κ2) is 9.06. The molecular formula is C16H28FN3. The van der Waals surface area contributed by atoms with Crippen LogP contribution in [0.5, 0.6) is 0 Å². The third-order valence-electron chi connectivity index (χ3n) is 3.41. The van der Waals surface area contributed by atoms with Crippen LogP contribution in [0.15, 0.2) is 18.2 Å². The first-order chi connectivity index (χ1) is 9.56. The summed E-state index contributed by atoms with van der Waals surface area (Å²) in [7, 11) is 6.07. The van der Waals surface area contributed by atoms with E-state index in [1.807, 2.05) is 19.2 Å². The van der Waals surface area contributed by atoms with E-state index in [-0.39, 0.29) is 5.82 Å². The second-order valence-electron chi connectivity index (χ2n) is 5.48. The summed E-state index contributed by atoms with van der Waals surface area (Å²) >= 11 is 0. The topological polar surface area (TPSA) is 18.5 Å². The van der Waals surface area contributed by atoms with Crippen molar-refractivity contribution in [3.05, 3.63) is 35.1 Å². The van der Waals surface area contributed by atoms with Crippen molar-refractivity contribution in [2.75, 3.05) is 40.8 Å². The van der Waals surface area contributed by atoms with Crippen LogP contribution in [0.25, 0.3) is 0 Å². The molecule has 1 rings (SSSR count). The van der Waals surface area contributed by atoms with Gasteiger partial charge in [-0.1, -0.05) is 19.1 Å². The first-order valence-electron chi connectivity index (χ1n) is 7.35. The van der Waals surface area contributed by atoms with E-state index in [9.17, 15) is 4.39 Å². The SMILES string of the molecule is CCN(CCCN(C)C)Cc1cc(CNC)ccc1F. The summed E-state index contributed by atoms with van der Waals surface area (Å²) in [6.45, 7) is 6.62. The molecule has 0 heterocycles. The molecule has 1 aromatic rings. The molecule has 0 saturated heterocycles. The van der Waals surface area contributed by atoms with Crippen molar-refractivity contribution in [1.82, 2.24) is 15.1 Å². The molecule has 0 aliphatic rings. The zero-order chi connectivity index (χ0) is 15.0. The van der Waals surface area contributed by atoms with E-state index < -0.39 is 0 Å². The third kappa shape index (κ3) is 5.99. The quantitative estimate of drug-likeness (QED) is 0.749. The molecule has 0 radical (unpaired) electrons. The average Bonchev–Trinajstić information content (AvgIpc) is 2.41. The monoisotopic (exact) mass is 281 g/mol. The predicted octanol–water partition coefficient (Wildman–Crippen LogP) is 2.32. The standard InChI is InChI=1S/C16H28FN3/c1-5-20(10-6-9-19(3)4)13-15-11-14(12-18-2)7-8-16(15)17/h7-8,11,18H,5-6,9-10,12-13H2,1-4H3. The van der Waals surface area contributed by atoms with Crippen LogP contribution < -0.4 is 5.32 Å². The summed E-state index contributed by atoms with van der Waals surface area (Å²) in [6, 6.07) is 5.40. The summed E-state index contributed by atoms with van der Waals surface area (Å²) in [6.07, 6.45) is 1.11. The van der Waals surface area contributed by atoms with Crippen LogP contribution in [0.3, 0.4) is 0 Å². The molecule has 3 nitrogen and oxygen atoms in total. The number of hydrogen-bond acceptors (Lipinski definition) is 3. The molecule has 0 spiro atoms. The van der Waals surface area contributed by atoms with E-state index in [0.717, 1.165) is 43.7 Å². The Balaban J connectivity index is 2.61. The maximum absolute atomic E-state index is 13.9. The van der Waals surface area contributed by atoms with Crippen LogP contribution in [0.2, 0.25) is 0 Å². The van der Waals surface area contributed by atoms with Gasteiger partial charge in [0, 0.05) is 18.7 Å². The van der Waals surface area contributed by atoms with Gasteiger partial charge in [0.1, 0.15) is 5.82 Å². The number of benzene rings is 1. The van der Waals surface area contributed by atoms with Crippen molar-refractivity contribution >= 4 is 0 Å². The van der Waals surface area contributed by atoms with Crippen LogP contribution in [-0.2, 0) is 13.1 Å². The fraction of sp³-hybridized carbons (Fsp3) is 0.625. The lowest BCUT2D eigenvalue weighted by Gasteiger charge is -2.22. The molecule has 0 unspecified atom stereocenters. The van der Waals surface area contributed by atoms with E-state index in [1.54, 1.807) is 6.07 Å². The lowest BCUT2D eigenvalue weighted by molar-refractivity contribution is 0.256. The molecule has 20 heavy (non-hydrogen) atoms. The zero-order valence-corrected chi connectivity index (χ0v) is 13.2. The lowest BCUT2D eigenvalue weighted by atomic mass is 10.1. The Hall–Kier alpha value is -0.970. The highest BCUT2D eigenvalue weighted by Crippen LogP contribution is 2.13. The van der Waals surface area contributed by atoms with Crippen molar-refractivity contribution in [3.63, 3.8) is 0 Å². The van der Waals surface area contributed by atoms with E-state index >= 15 is 0 Å². The fourth-order valence-electron chi connectivity index (χ4n) is 2.26. The normalized spacial score (nSPS) is 11.6. The fourth-order valence-corrected chi connectivity index (χ4v) is 2.26. The van der Waals surface area contributed by atoms with Crippen molar-refractivity contribution in [2.24, 2.45) is 0 Å². The van der Waals surface area contributed by atoms with Gasteiger partial charge in [-0.25, -0.2) is 4.39 Å². The van der Waals surface area contributed by atoms with E-state index in [0.29, 0.717) is 6.54 Å². The molecule has 1 aromatic carbocycles. The number of nitrogens with zero attached hydrogens (tertiary/aromatic N) is 2. The summed E-state index contributed by atoms with van der Waals surface area (Å²) in [5, 5.41) is 3.10. The Bertz CT molecular complexity index is 393. The average molecular weight is 281 g/mol. The minimum Gasteiger partial charge on any atom is -0.316 e. The minimum absolute atomic E-state index is 0.101. The van der Waals surface area contributed by atoms with E-state index in [4.69, 9.17) is 0 Å². The van der Waals surface area contributed by atoms with Gasteiger partial charge in [-0.3, -0.25) is 4.90 Å². The summed E-state index contributed by atoms with van der Waals surface area (Å²) in [5.74, 6) is -0.101. The Labute approximate surface area is 122 Å². The van der Waals surface area contributed by atoms with Crippen LogP contribution in [0.1, 0.15) is 24.5 Å². The summed E-state index contributed by atoms with van der Waals surface area (Å²) in [5.41, 5.74) is 1.93. The molecule has 0 aliphatic heterocycles. The van der Waals surface area contributed by atoms with Gasteiger partial charge in [-0.05, 0) is 58.8 Å². The van der Waals surface area contributed by atoms with Crippen LogP contribution in [0, 0.1) is 5.82 Å². The number of halogens is 1. The maximum Gasteiger partial charge on any atom is 0.127 e. The van der Waals surface area contributed by atoms with Crippen LogP contribution in [-0.4, -0.2) is 50.6 Å². The summed E-state index contributed by atoms with van der Waals surface area (Å²) < 4.78 is 13.9. The highest BCUT2D eigenvalue weighted by atomic mass is 19.1. The van der Waals surface area contributed by atoms with Gasteiger partial charge in [-0.2, -0.15) is 0 Å². The first-order valence-corrected chi connectivity index (χ1v) is 7.35. The Morgan fingerprint density at radius 2 is 1.95 bits per heavy atom. The smallest absolute Gasteiger partial charge is 0.127 e. The second-order valence-corrected chi connectivity index (χ2v) is 5.48. The van der Waals surface area contributed by atoms with Gasteiger partial charge in [0.2, 0.25) is 0 Å². The molecule has 4 heteroatoms. The highest BCUT2D eigenvalue weighted by molar-refractivity contribution is 5.25. The Morgan fingerprint density at radius 3 is 2.55 bits per heavy atom. The van der Waals surface area contributed by atoms with Gasteiger partial charge in [0.05, 0.1) is 0 Å². The first kappa shape index (κ1) is 17.1. The van der Waals surface area contributed by atoms with Crippen LogP contribution in [0.4, 0.5) is 4.39 Å². The van der Waals surface area contributed by atoms with Gasteiger partial charge >= 0.3 is 0 Å². The lowest BCUT2D eigenvalue weighted by Crippen LogP contribution is -2.27. The molecule has 0 saturated carbocycles.